The van der Waals surface area contributed by atoms with Gasteiger partial charge in [-0.1, -0.05) is 35.5 Å². The molecule has 1 aromatic heterocycles. The molecule has 2 heterocycles. The smallest absolute Gasteiger partial charge is 0.305 e. The summed E-state index contributed by atoms with van der Waals surface area (Å²) in [6, 6.07) is 11.0. The maximum absolute atomic E-state index is 12.8. The summed E-state index contributed by atoms with van der Waals surface area (Å²) in [6.45, 7) is 3.54. The number of rotatable bonds is 7. The molecule has 154 valence electrons. The topological polar surface area (TPSA) is 72.4 Å². The Hall–Kier alpha value is -2.12. The SMILES string of the molecule is CCOC(=O)CC[C@H]1CCCN(C(=O)c2ccc(Sc3ccccc3Cl)nn2)C1. The number of hydrogen-bond acceptors (Lipinski definition) is 6. The lowest BCUT2D eigenvalue weighted by Crippen LogP contribution is -2.40. The van der Waals surface area contributed by atoms with Gasteiger partial charge >= 0.3 is 5.97 Å². The molecular weight excluding hydrogens is 410 g/mol. The van der Waals surface area contributed by atoms with Crippen molar-refractivity contribution in [1.82, 2.24) is 15.1 Å². The lowest BCUT2D eigenvalue weighted by Gasteiger charge is -2.32. The molecule has 1 aliphatic heterocycles. The van der Waals surface area contributed by atoms with Crippen LogP contribution in [0.15, 0.2) is 46.3 Å². The van der Waals surface area contributed by atoms with Gasteiger partial charge in [0.15, 0.2) is 5.69 Å². The van der Waals surface area contributed by atoms with Crippen LogP contribution < -0.4 is 0 Å². The van der Waals surface area contributed by atoms with Crippen LogP contribution in [0.25, 0.3) is 0 Å². The van der Waals surface area contributed by atoms with E-state index in [1.165, 1.54) is 11.8 Å². The summed E-state index contributed by atoms with van der Waals surface area (Å²) < 4.78 is 4.99. The number of benzene rings is 1. The van der Waals surface area contributed by atoms with Gasteiger partial charge in [0, 0.05) is 24.4 Å². The Bertz CT molecular complexity index is 847. The van der Waals surface area contributed by atoms with Gasteiger partial charge in [-0.15, -0.1) is 10.2 Å². The van der Waals surface area contributed by atoms with Crippen LogP contribution in [0.4, 0.5) is 0 Å². The first-order valence-electron chi connectivity index (χ1n) is 9.77. The van der Waals surface area contributed by atoms with Gasteiger partial charge in [0.05, 0.1) is 11.6 Å². The average molecular weight is 434 g/mol. The molecule has 0 radical (unpaired) electrons. The van der Waals surface area contributed by atoms with E-state index < -0.39 is 0 Å². The number of nitrogens with zero attached hydrogens (tertiary/aromatic N) is 3. The van der Waals surface area contributed by atoms with E-state index in [1.807, 2.05) is 29.2 Å². The number of amides is 1. The Balaban J connectivity index is 1.56. The molecule has 8 heteroatoms. The van der Waals surface area contributed by atoms with Crippen molar-refractivity contribution in [3.05, 3.63) is 47.1 Å². The van der Waals surface area contributed by atoms with Crippen LogP contribution >= 0.6 is 23.4 Å². The highest BCUT2D eigenvalue weighted by molar-refractivity contribution is 7.99. The lowest BCUT2D eigenvalue weighted by molar-refractivity contribution is -0.143. The molecule has 3 rings (SSSR count). The number of carbonyl (C=O) groups is 2. The highest BCUT2D eigenvalue weighted by atomic mass is 35.5. The lowest BCUT2D eigenvalue weighted by atomic mass is 9.93. The Kier molecular flexibility index (Phi) is 7.89. The number of piperidine rings is 1. The molecule has 6 nitrogen and oxygen atoms in total. The quantitative estimate of drug-likeness (QED) is 0.599. The third-order valence-electron chi connectivity index (χ3n) is 4.78. The first-order valence-corrected chi connectivity index (χ1v) is 11.0. The van der Waals surface area contributed by atoms with Crippen LogP contribution in [-0.2, 0) is 9.53 Å². The van der Waals surface area contributed by atoms with Crippen molar-refractivity contribution in [2.75, 3.05) is 19.7 Å². The molecule has 0 saturated carbocycles. The van der Waals surface area contributed by atoms with Crippen molar-refractivity contribution >= 4 is 35.2 Å². The molecule has 1 amide bonds. The molecule has 1 saturated heterocycles. The summed E-state index contributed by atoms with van der Waals surface area (Å²) >= 11 is 7.58. The number of hydrogen-bond donors (Lipinski definition) is 0. The first kappa shape index (κ1) is 21.6. The Morgan fingerprint density at radius 2 is 2.07 bits per heavy atom. The zero-order valence-electron chi connectivity index (χ0n) is 16.3. The van der Waals surface area contributed by atoms with E-state index in [4.69, 9.17) is 16.3 Å². The zero-order valence-corrected chi connectivity index (χ0v) is 17.9. The monoisotopic (exact) mass is 433 g/mol. The summed E-state index contributed by atoms with van der Waals surface area (Å²) in [5.41, 5.74) is 0.333. The highest BCUT2D eigenvalue weighted by Crippen LogP contribution is 2.31. The summed E-state index contributed by atoms with van der Waals surface area (Å²) in [5, 5.41) is 9.64. The molecule has 0 spiro atoms. The zero-order chi connectivity index (χ0) is 20.6. The van der Waals surface area contributed by atoms with Crippen molar-refractivity contribution < 1.29 is 14.3 Å². The summed E-state index contributed by atoms with van der Waals surface area (Å²) in [4.78, 5) is 27.1. The third kappa shape index (κ3) is 6.18. The fraction of sp³-hybridized carbons (Fsp3) is 0.429. The highest BCUT2D eigenvalue weighted by Gasteiger charge is 2.26. The Labute approximate surface area is 180 Å². The van der Waals surface area contributed by atoms with E-state index in [9.17, 15) is 9.59 Å². The molecule has 29 heavy (non-hydrogen) atoms. The summed E-state index contributed by atoms with van der Waals surface area (Å²) in [7, 11) is 0. The number of carbonyl (C=O) groups excluding carboxylic acids is 2. The van der Waals surface area contributed by atoms with Crippen LogP contribution in [0.2, 0.25) is 5.02 Å². The maximum atomic E-state index is 12.8. The van der Waals surface area contributed by atoms with Crippen LogP contribution in [0.3, 0.4) is 0 Å². The van der Waals surface area contributed by atoms with Crippen molar-refractivity contribution in [2.24, 2.45) is 5.92 Å². The molecule has 1 fully saturated rings. The van der Waals surface area contributed by atoms with Crippen molar-refractivity contribution in [3.8, 4) is 0 Å². The Morgan fingerprint density at radius 3 is 2.79 bits per heavy atom. The fourth-order valence-corrected chi connectivity index (χ4v) is 4.34. The van der Waals surface area contributed by atoms with E-state index >= 15 is 0 Å². The second-order valence-electron chi connectivity index (χ2n) is 6.89. The first-order chi connectivity index (χ1) is 14.1. The van der Waals surface area contributed by atoms with E-state index in [2.05, 4.69) is 10.2 Å². The van der Waals surface area contributed by atoms with E-state index in [1.54, 1.807) is 19.1 Å². The minimum absolute atomic E-state index is 0.118. The van der Waals surface area contributed by atoms with Gasteiger partial charge in [0.25, 0.3) is 5.91 Å². The molecule has 1 aliphatic rings. The normalized spacial score (nSPS) is 16.5. The van der Waals surface area contributed by atoms with Crippen molar-refractivity contribution in [2.45, 2.75) is 42.5 Å². The standard InChI is InChI=1S/C21H24ClN3O3S/c1-2-28-20(26)12-9-15-6-5-13-25(14-15)21(27)17-10-11-19(24-23-17)29-18-8-4-3-7-16(18)22/h3-4,7-8,10-11,15H,2,5-6,9,12-14H2,1H3/t15-/m1/s1. The Morgan fingerprint density at radius 1 is 1.24 bits per heavy atom. The molecular formula is C21H24ClN3O3S. The summed E-state index contributed by atoms with van der Waals surface area (Å²) in [6.07, 6.45) is 3.07. The van der Waals surface area contributed by atoms with Crippen LogP contribution in [-0.4, -0.2) is 46.7 Å². The van der Waals surface area contributed by atoms with Gasteiger partial charge in [-0.05, 0) is 56.4 Å². The number of halogens is 1. The van der Waals surface area contributed by atoms with Crippen LogP contribution in [0, 0.1) is 5.92 Å². The molecule has 0 aliphatic carbocycles. The van der Waals surface area contributed by atoms with Gasteiger partial charge < -0.3 is 9.64 Å². The van der Waals surface area contributed by atoms with E-state index in [0.717, 1.165) is 24.2 Å². The van der Waals surface area contributed by atoms with Gasteiger partial charge in [-0.3, -0.25) is 9.59 Å². The third-order valence-corrected chi connectivity index (χ3v) is 6.22. The average Bonchev–Trinajstić information content (AvgIpc) is 2.74. The predicted molar refractivity (Wildman–Crippen MR) is 112 cm³/mol. The molecule has 1 aromatic carbocycles. The van der Waals surface area contributed by atoms with Gasteiger partial charge in [0.1, 0.15) is 5.03 Å². The maximum Gasteiger partial charge on any atom is 0.305 e. The fourth-order valence-electron chi connectivity index (χ4n) is 3.33. The van der Waals surface area contributed by atoms with Gasteiger partial charge in [0.2, 0.25) is 0 Å². The molecule has 2 aromatic rings. The summed E-state index contributed by atoms with van der Waals surface area (Å²) in [5.74, 6) is 0.0150. The molecule has 0 unspecified atom stereocenters. The predicted octanol–water partition coefficient (Wildman–Crippen LogP) is 4.48. The minimum Gasteiger partial charge on any atom is -0.466 e. The number of ether oxygens (including phenoxy) is 1. The molecule has 0 bridgehead atoms. The molecule has 1 atom stereocenters. The number of esters is 1. The number of aromatic nitrogens is 2. The second kappa shape index (κ2) is 10.6. The van der Waals surface area contributed by atoms with Gasteiger partial charge in [-0.25, -0.2) is 0 Å². The minimum atomic E-state index is -0.173. The molecule has 0 N–H and O–H groups in total. The van der Waals surface area contributed by atoms with Crippen molar-refractivity contribution in [1.29, 1.82) is 0 Å². The largest absolute Gasteiger partial charge is 0.466 e. The second-order valence-corrected chi connectivity index (χ2v) is 8.36. The van der Waals surface area contributed by atoms with E-state index in [-0.39, 0.29) is 11.9 Å². The van der Waals surface area contributed by atoms with Crippen molar-refractivity contribution in [3.63, 3.8) is 0 Å². The van der Waals surface area contributed by atoms with Crippen LogP contribution in [0.5, 0.6) is 0 Å². The van der Waals surface area contributed by atoms with E-state index in [0.29, 0.717) is 47.8 Å². The number of likely N-dealkylation sites (tertiary alicyclic amines) is 1. The van der Waals surface area contributed by atoms with Gasteiger partial charge in [-0.2, -0.15) is 0 Å². The van der Waals surface area contributed by atoms with Crippen LogP contribution in [0.1, 0.15) is 43.1 Å².